The van der Waals surface area contributed by atoms with Gasteiger partial charge in [-0.25, -0.2) is 0 Å². The van der Waals surface area contributed by atoms with Crippen molar-refractivity contribution in [2.24, 2.45) is 12.0 Å². The summed E-state index contributed by atoms with van der Waals surface area (Å²) in [7, 11) is 1.93. The van der Waals surface area contributed by atoms with E-state index in [2.05, 4.69) is 26.0 Å². The highest BCUT2D eigenvalue weighted by atomic mass is 79.9. The highest BCUT2D eigenvalue weighted by molar-refractivity contribution is 9.10. The molecule has 0 bridgehead atoms. The molecule has 0 spiro atoms. The first-order valence-electron chi connectivity index (χ1n) is 5.38. The van der Waals surface area contributed by atoms with Crippen molar-refractivity contribution in [2.45, 2.75) is 13.8 Å². The zero-order valence-corrected chi connectivity index (χ0v) is 11.7. The van der Waals surface area contributed by atoms with Gasteiger partial charge in [-0.15, -0.1) is 0 Å². The molecule has 0 saturated carbocycles. The van der Waals surface area contributed by atoms with Gasteiger partial charge >= 0.3 is 0 Å². The van der Waals surface area contributed by atoms with E-state index in [1.54, 1.807) is 0 Å². The molecule has 17 heavy (non-hydrogen) atoms. The molecular weight excluding hydrogens is 278 g/mol. The van der Waals surface area contributed by atoms with Crippen LogP contribution in [0.3, 0.4) is 0 Å². The molecule has 88 valence electrons. The van der Waals surface area contributed by atoms with Crippen LogP contribution in [0.15, 0.2) is 33.7 Å². The van der Waals surface area contributed by atoms with Gasteiger partial charge in [0.05, 0.1) is 11.4 Å². The van der Waals surface area contributed by atoms with Gasteiger partial charge in [0.2, 0.25) is 0 Å². The van der Waals surface area contributed by atoms with Crippen LogP contribution in [0.2, 0.25) is 0 Å². The van der Waals surface area contributed by atoms with E-state index in [4.69, 9.17) is 0 Å². The van der Waals surface area contributed by atoms with Gasteiger partial charge in [-0.1, -0.05) is 28.1 Å². The molecule has 0 saturated heterocycles. The minimum atomic E-state index is 0.954. The maximum absolute atomic E-state index is 4.50. The van der Waals surface area contributed by atoms with E-state index >= 15 is 0 Å². The Morgan fingerprint density at radius 2 is 1.88 bits per heavy atom. The third-order valence-corrected chi connectivity index (χ3v) is 3.21. The van der Waals surface area contributed by atoms with E-state index in [1.807, 2.05) is 56.1 Å². The molecule has 0 N–H and O–H groups in total. The van der Waals surface area contributed by atoms with Gasteiger partial charge in [0.15, 0.2) is 0 Å². The van der Waals surface area contributed by atoms with Crippen molar-refractivity contribution in [1.82, 2.24) is 9.78 Å². The SMILES string of the molecule is Cc1nn(C)c(C)c1N=Cc1ccc(Br)cc1. The molecule has 0 radical (unpaired) electrons. The zero-order chi connectivity index (χ0) is 12.4. The molecule has 4 heteroatoms. The summed E-state index contributed by atoms with van der Waals surface area (Å²) in [6.45, 7) is 4.00. The molecule has 0 aliphatic carbocycles. The molecule has 1 heterocycles. The smallest absolute Gasteiger partial charge is 0.107 e. The Morgan fingerprint density at radius 1 is 1.24 bits per heavy atom. The lowest BCUT2D eigenvalue weighted by Crippen LogP contribution is -1.91. The lowest BCUT2D eigenvalue weighted by atomic mass is 10.2. The summed E-state index contributed by atoms with van der Waals surface area (Å²) in [4.78, 5) is 4.50. The molecule has 0 aliphatic rings. The summed E-state index contributed by atoms with van der Waals surface area (Å²) < 4.78 is 2.92. The van der Waals surface area contributed by atoms with Gasteiger partial charge in [-0.3, -0.25) is 9.67 Å². The van der Waals surface area contributed by atoms with Crippen LogP contribution in [0.5, 0.6) is 0 Å². The van der Waals surface area contributed by atoms with E-state index in [0.717, 1.165) is 27.1 Å². The van der Waals surface area contributed by atoms with Gasteiger partial charge in [-0.2, -0.15) is 5.10 Å². The van der Waals surface area contributed by atoms with Crippen LogP contribution in [-0.2, 0) is 7.05 Å². The number of aromatic nitrogens is 2. The predicted molar refractivity (Wildman–Crippen MR) is 74.1 cm³/mol. The van der Waals surface area contributed by atoms with E-state index < -0.39 is 0 Å². The number of halogens is 1. The number of nitrogens with zero attached hydrogens (tertiary/aromatic N) is 3. The van der Waals surface area contributed by atoms with E-state index in [0.29, 0.717) is 0 Å². The molecule has 0 atom stereocenters. The van der Waals surface area contributed by atoms with Crippen LogP contribution in [0.4, 0.5) is 5.69 Å². The molecule has 2 rings (SSSR count). The van der Waals surface area contributed by atoms with Crippen molar-refractivity contribution >= 4 is 27.8 Å². The Labute approximate surface area is 109 Å². The van der Waals surface area contributed by atoms with Crippen LogP contribution in [-0.4, -0.2) is 16.0 Å². The summed E-state index contributed by atoms with van der Waals surface area (Å²) in [6, 6.07) is 8.05. The summed E-state index contributed by atoms with van der Waals surface area (Å²) in [5, 5.41) is 4.33. The molecule has 1 aromatic heterocycles. The topological polar surface area (TPSA) is 30.2 Å². The standard InChI is InChI=1S/C13H14BrN3/c1-9-13(10(2)17(3)16-9)15-8-11-4-6-12(14)7-5-11/h4-8H,1-3H3. The Bertz CT molecular complexity index is 553. The van der Waals surface area contributed by atoms with Crippen molar-refractivity contribution in [3.05, 3.63) is 45.7 Å². The van der Waals surface area contributed by atoms with E-state index in [9.17, 15) is 0 Å². The Morgan fingerprint density at radius 3 is 2.41 bits per heavy atom. The molecule has 0 amide bonds. The van der Waals surface area contributed by atoms with Gasteiger partial charge in [0, 0.05) is 17.7 Å². The van der Waals surface area contributed by atoms with E-state index in [-0.39, 0.29) is 0 Å². The number of aryl methyl sites for hydroxylation is 2. The number of benzene rings is 1. The third-order valence-electron chi connectivity index (χ3n) is 2.68. The summed E-state index contributed by atoms with van der Waals surface area (Å²) in [5.41, 5.74) is 4.07. The molecule has 0 fully saturated rings. The summed E-state index contributed by atoms with van der Waals surface area (Å²) in [6.07, 6.45) is 1.86. The van der Waals surface area contributed by atoms with Crippen molar-refractivity contribution in [1.29, 1.82) is 0 Å². The monoisotopic (exact) mass is 291 g/mol. The first kappa shape index (κ1) is 12.0. The van der Waals surface area contributed by atoms with Crippen molar-refractivity contribution in [3.8, 4) is 0 Å². The van der Waals surface area contributed by atoms with Crippen molar-refractivity contribution < 1.29 is 0 Å². The van der Waals surface area contributed by atoms with E-state index in [1.165, 1.54) is 0 Å². The number of hydrogen-bond donors (Lipinski definition) is 0. The van der Waals surface area contributed by atoms with Crippen molar-refractivity contribution in [3.63, 3.8) is 0 Å². The molecule has 2 aromatic rings. The fraction of sp³-hybridized carbons (Fsp3) is 0.231. The average molecular weight is 292 g/mol. The second kappa shape index (κ2) is 4.84. The second-order valence-corrected chi connectivity index (χ2v) is 4.87. The largest absolute Gasteiger partial charge is 0.270 e. The fourth-order valence-electron chi connectivity index (χ4n) is 1.64. The molecule has 1 aromatic carbocycles. The van der Waals surface area contributed by atoms with Crippen LogP contribution >= 0.6 is 15.9 Å². The van der Waals surface area contributed by atoms with Gasteiger partial charge in [0.1, 0.15) is 5.69 Å². The van der Waals surface area contributed by atoms with Crippen molar-refractivity contribution in [2.75, 3.05) is 0 Å². The quantitative estimate of drug-likeness (QED) is 0.778. The van der Waals surface area contributed by atoms with Crippen LogP contribution in [0, 0.1) is 13.8 Å². The molecule has 3 nitrogen and oxygen atoms in total. The maximum atomic E-state index is 4.50. The minimum absolute atomic E-state index is 0.954. The number of hydrogen-bond acceptors (Lipinski definition) is 2. The average Bonchev–Trinajstić information content (AvgIpc) is 2.54. The lowest BCUT2D eigenvalue weighted by Gasteiger charge is -1.95. The molecular formula is C13H14BrN3. The molecule has 0 aliphatic heterocycles. The fourth-order valence-corrected chi connectivity index (χ4v) is 1.90. The minimum Gasteiger partial charge on any atom is -0.270 e. The van der Waals surface area contributed by atoms with Crippen LogP contribution in [0.1, 0.15) is 17.0 Å². The second-order valence-electron chi connectivity index (χ2n) is 3.95. The van der Waals surface area contributed by atoms with Gasteiger partial charge < -0.3 is 0 Å². The van der Waals surface area contributed by atoms with Crippen LogP contribution < -0.4 is 0 Å². The predicted octanol–water partition coefficient (Wildman–Crippen LogP) is 3.55. The molecule has 0 unspecified atom stereocenters. The highest BCUT2D eigenvalue weighted by Crippen LogP contribution is 2.21. The van der Waals surface area contributed by atoms with Gasteiger partial charge in [0.25, 0.3) is 0 Å². The normalized spacial score (nSPS) is 11.3. The van der Waals surface area contributed by atoms with Crippen LogP contribution in [0.25, 0.3) is 0 Å². The zero-order valence-electron chi connectivity index (χ0n) is 10.1. The highest BCUT2D eigenvalue weighted by Gasteiger charge is 2.06. The first-order chi connectivity index (χ1) is 8.08. The Hall–Kier alpha value is -1.42. The van der Waals surface area contributed by atoms with Gasteiger partial charge in [-0.05, 0) is 31.5 Å². The summed E-state index contributed by atoms with van der Waals surface area (Å²) >= 11 is 3.41. The summed E-state index contributed by atoms with van der Waals surface area (Å²) in [5.74, 6) is 0. The Kier molecular flexibility index (Phi) is 3.43. The lowest BCUT2D eigenvalue weighted by molar-refractivity contribution is 0.731. The third kappa shape index (κ3) is 2.64. The maximum Gasteiger partial charge on any atom is 0.107 e. The number of aliphatic imine (C=N–C) groups is 1. The first-order valence-corrected chi connectivity index (χ1v) is 6.17. The Balaban J connectivity index is 2.29. The number of rotatable bonds is 2.